The van der Waals surface area contributed by atoms with Crippen LogP contribution in [-0.2, 0) is 13.2 Å². The summed E-state index contributed by atoms with van der Waals surface area (Å²) in [5, 5.41) is 0.573. The largest absolute Gasteiger partial charge is 0.487 e. The number of ether oxygens (including phenoxy) is 1. The lowest BCUT2D eigenvalue weighted by Crippen LogP contribution is -2.29. The van der Waals surface area contributed by atoms with E-state index in [9.17, 15) is 0 Å². The van der Waals surface area contributed by atoms with Crippen LogP contribution in [0.15, 0.2) is 77.2 Å². The number of benzene rings is 3. The Morgan fingerprint density at radius 3 is 2.47 bits per heavy atom. The quantitative estimate of drug-likeness (QED) is 0.392. The number of fused-ring (bicyclic) bond motifs is 1. The molecular formula is C23H23Cl2N3O2. The first-order valence-electron chi connectivity index (χ1n) is 9.48. The fourth-order valence-corrected chi connectivity index (χ4v) is 3.37. The zero-order valence-corrected chi connectivity index (χ0v) is 17.9. The highest BCUT2D eigenvalue weighted by molar-refractivity contribution is 6.32. The van der Waals surface area contributed by atoms with Crippen molar-refractivity contribution >= 4 is 41.1 Å². The minimum absolute atomic E-state index is 0. The number of hydrogen-bond donors (Lipinski definition) is 1. The van der Waals surface area contributed by atoms with Gasteiger partial charge in [-0.3, -0.25) is 0 Å². The van der Waals surface area contributed by atoms with Crippen molar-refractivity contribution in [3.05, 3.63) is 88.9 Å². The van der Waals surface area contributed by atoms with Gasteiger partial charge in [0.15, 0.2) is 5.58 Å². The first-order valence-corrected chi connectivity index (χ1v) is 9.86. The predicted octanol–water partition coefficient (Wildman–Crippen LogP) is 5.45. The average molecular weight is 444 g/mol. The Bertz CT molecular complexity index is 1050. The first-order chi connectivity index (χ1) is 14.2. The Labute approximate surface area is 186 Å². The second-order valence-electron chi connectivity index (χ2n) is 6.71. The fraction of sp³-hybridized carbons (Fsp3) is 0.174. The van der Waals surface area contributed by atoms with Crippen molar-refractivity contribution in [3.63, 3.8) is 0 Å². The molecule has 0 saturated heterocycles. The topological polar surface area (TPSA) is 64.5 Å². The summed E-state index contributed by atoms with van der Waals surface area (Å²) in [6.45, 7) is 2.17. The molecule has 0 unspecified atom stereocenters. The molecule has 0 amide bonds. The number of nitrogens with zero attached hydrogens (tertiary/aromatic N) is 2. The van der Waals surface area contributed by atoms with Crippen molar-refractivity contribution in [2.75, 3.05) is 18.0 Å². The fourth-order valence-electron chi connectivity index (χ4n) is 3.11. The predicted molar refractivity (Wildman–Crippen MR) is 124 cm³/mol. The van der Waals surface area contributed by atoms with Gasteiger partial charge in [-0.1, -0.05) is 60.1 Å². The minimum Gasteiger partial charge on any atom is -0.487 e. The summed E-state index contributed by atoms with van der Waals surface area (Å²) < 4.78 is 11.8. The van der Waals surface area contributed by atoms with E-state index in [4.69, 9.17) is 26.5 Å². The van der Waals surface area contributed by atoms with Crippen LogP contribution in [0.2, 0.25) is 5.02 Å². The van der Waals surface area contributed by atoms with Gasteiger partial charge < -0.3 is 19.8 Å². The molecule has 5 nitrogen and oxygen atoms in total. The van der Waals surface area contributed by atoms with Crippen molar-refractivity contribution in [1.82, 2.24) is 4.98 Å². The van der Waals surface area contributed by atoms with Crippen molar-refractivity contribution < 1.29 is 9.15 Å². The third-order valence-electron chi connectivity index (χ3n) is 4.56. The van der Waals surface area contributed by atoms with Gasteiger partial charge in [0.2, 0.25) is 0 Å². The van der Waals surface area contributed by atoms with E-state index >= 15 is 0 Å². The Morgan fingerprint density at radius 2 is 1.73 bits per heavy atom. The number of oxazole rings is 1. The molecular weight excluding hydrogens is 421 g/mol. The van der Waals surface area contributed by atoms with E-state index in [2.05, 4.69) is 4.98 Å². The van der Waals surface area contributed by atoms with E-state index < -0.39 is 0 Å². The molecule has 0 atom stereocenters. The van der Waals surface area contributed by atoms with Crippen LogP contribution in [0.1, 0.15) is 11.1 Å². The summed E-state index contributed by atoms with van der Waals surface area (Å²) in [6, 6.07) is 24.1. The lowest BCUT2D eigenvalue weighted by molar-refractivity contribution is 0.306. The van der Waals surface area contributed by atoms with Crippen LogP contribution in [0.25, 0.3) is 11.1 Å². The van der Waals surface area contributed by atoms with Gasteiger partial charge in [0, 0.05) is 19.6 Å². The maximum absolute atomic E-state index is 6.46. The summed E-state index contributed by atoms with van der Waals surface area (Å²) in [7, 11) is 0. The zero-order chi connectivity index (χ0) is 20.1. The molecule has 0 radical (unpaired) electrons. The Morgan fingerprint density at radius 1 is 0.967 bits per heavy atom. The summed E-state index contributed by atoms with van der Waals surface area (Å²) >= 11 is 6.46. The Kier molecular flexibility index (Phi) is 7.57. The molecule has 1 heterocycles. The van der Waals surface area contributed by atoms with Crippen LogP contribution >= 0.6 is 24.0 Å². The van der Waals surface area contributed by atoms with Crippen LogP contribution in [0.4, 0.5) is 6.01 Å². The molecule has 156 valence electrons. The molecule has 0 fully saturated rings. The highest BCUT2D eigenvalue weighted by Gasteiger charge is 2.15. The van der Waals surface area contributed by atoms with Gasteiger partial charge >= 0.3 is 0 Å². The molecule has 1 aromatic heterocycles. The maximum Gasteiger partial charge on any atom is 0.298 e. The maximum atomic E-state index is 6.46. The van der Waals surface area contributed by atoms with Gasteiger partial charge in [0.1, 0.15) is 17.9 Å². The van der Waals surface area contributed by atoms with E-state index in [1.54, 1.807) is 0 Å². The minimum atomic E-state index is 0. The molecule has 4 aromatic rings. The van der Waals surface area contributed by atoms with Crippen molar-refractivity contribution in [2.24, 2.45) is 5.73 Å². The van der Waals surface area contributed by atoms with Crippen LogP contribution < -0.4 is 15.4 Å². The molecule has 4 rings (SSSR count). The number of aromatic nitrogens is 1. The highest BCUT2D eigenvalue weighted by atomic mass is 35.5. The number of halogens is 2. The highest BCUT2D eigenvalue weighted by Crippen LogP contribution is 2.28. The molecule has 7 heteroatoms. The summed E-state index contributed by atoms with van der Waals surface area (Å²) in [5.41, 5.74) is 9.51. The van der Waals surface area contributed by atoms with Gasteiger partial charge in [-0.2, -0.15) is 4.98 Å². The van der Waals surface area contributed by atoms with E-state index in [-0.39, 0.29) is 12.4 Å². The van der Waals surface area contributed by atoms with Crippen LogP contribution in [0.5, 0.6) is 5.75 Å². The SMILES string of the molecule is Cl.NCCN(Cc1ccc(OCc2ccccc2)c(Cl)c1)c1nc2ccccc2o1. The standard InChI is InChI=1S/C23H22ClN3O2.ClH/c24-19-14-18(10-11-21(19)28-16-17-6-2-1-3-7-17)15-27(13-12-25)23-26-20-8-4-5-9-22(20)29-23;/h1-11,14H,12-13,15-16,25H2;1H. The lowest BCUT2D eigenvalue weighted by Gasteiger charge is -2.20. The van der Waals surface area contributed by atoms with Crippen LogP contribution in [-0.4, -0.2) is 18.1 Å². The number of para-hydroxylation sites is 2. The van der Waals surface area contributed by atoms with Gasteiger partial charge in [-0.05, 0) is 35.4 Å². The molecule has 30 heavy (non-hydrogen) atoms. The van der Waals surface area contributed by atoms with Crippen LogP contribution in [0, 0.1) is 0 Å². The summed E-state index contributed by atoms with van der Waals surface area (Å²) in [5.74, 6) is 0.659. The molecule has 0 spiro atoms. The van der Waals surface area contributed by atoms with Crippen molar-refractivity contribution in [3.8, 4) is 5.75 Å². The molecule has 0 aliphatic carbocycles. The van der Waals surface area contributed by atoms with Gasteiger partial charge in [0.05, 0.1) is 5.02 Å². The van der Waals surface area contributed by atoms with Gasteiger partial charge in [-0.15, -0.1) is 12.4 Å². The smallest absolute Gasteiger partial charge is 0.298 e. The molecule has 0 aliphatic heterocycles. The third kappa shape index (κ3) is 5.25. The normalized spacial score (nSPS) is 10.6. The van der Waals surface area contributed by atoms with E-state index in [0.29, 0.717) is 43.0 Å². The second-order valence-corrected chi connectivity index (χ2v) is 7.12. The van der Waals surface area contributed by atoms with Crippen molar-refractivity contribution in [2.45, 2.75) is 13.2 Å². The monoisotopic (exact) mass is 443 g/mol. The molecule has 0 saturated carbocycles. The third-order valence-corrected chi connectivity index (χ3v) is 4.85. The van der Waals surface area contributed by atoms with Crippen molar-refractivity contribution in [1.29, 1.82) is 0 Å². The van der Waals surface area contributed by atoms with Gasteiger partial charge in [-0.25, -0.2) is 0 Å². The molecule has 2 N–H and O–H groups in total. The van der Waals surface area contributed by atoms with Gasteiger partial charge in [0.25, 0.3) is 6.01 Å². The van der Waals surface area contributed by atoms with Crippen LogP contribution in [0.3, 0.4) is 0 Å². The second kappa shape index (κ2) is 10.3. The van der Waals surface area contributed by atoms with E-state index in [0.717, 1.165) is 22.2 Å². The molecule has 3 aromatic carbocycles. The first kappa shape index (κ1) is 22.0. The molecule has 0 aliphatic rings. The van der Waals surface area contributed by atoms with E-state index in [1.165, 1.54) is 0 Å². The summed E-state index contributed by atoms with van der Waals surface area (Å²) in [4.78, 5) is 6.59. The average Bonchev–Trinajstić information content (AvgIpc) is 3.18. The molecule has 0 bridgehead atoms. The number of hydrogen-bond acceptors (Lipinski definition) is 5. The lowest BCUT2D eigenvalue weighted by atomic mass is 10.2. The Hall–Kier alpha value is -2.73. The Balaban J connectivity index is 0.00000256. The number of rotatable bonds is 8. The number of nitrogens with two attached hydrogens (primary N) is 1. The zero-order valence-electron chi connectivity index (χ0n) is 16.3. The van der Waals surface area contributed by atoms with E-state index in [1.807, 2.05) is 77.7 Å². The summed E-state index contributed by atoms with van der Waals surface area (Å²) in [6.07, 6.45) is 0. The number of anilines is 1.